The fourth-order valence-electron chi connectivity index (χ4n) is 2.18. The van der Waals surface area contributed by atoms with Crippen LogP contribution in [0.25, 0.3) is 0 Å². The summed E-state index contributed by atoms with van der Waals surface area (Å²) < 4.78 is 0. The molecule has 0 unspecified atom stereocenters. The summed E-state index contributed by atoms with van der Waals surface area (Å²) in [5.74, 6) is 2.28. The number of hydrazine groups is 1. The van der Waals surface area contributed by atoms with Gasteiger partial charge in [0.05, 0.1) is 0 Å². The van der Waals surface area contributed by atoms with Crippen LogP contribution in [-0.4, -0.2) is 28.1 Å². The Hall–Kier alpha value is -0.870. The molecule has 1 saturated heterocycles. The predicted octanol–water partition coefficient (Wildman–Crippen LogP) is 2.82. The van der Waals surface area contributed by atoms with E-state index in [1.807, 2.05) is 6.07 Å². The van der Waals surface area contributed by atoms with Gasteiger partial charge >= 0.3 is 0 Å². The molecule has 1 saturated carbocycles. The van der Waals surface area contributed by atoms with Gasteiger partial charge in [-0.25, -0.2) is 15.0 Å². The van der Waals surface area contributed by atoms with Gasteiger partial charge in [-0.05, 0) is 25.7 Å². The first-order valence-electron chi connectivity index (χ1n) is 6.37. The highest BCUT2D eigenvalue weighted by Gasteiger charge is 2.27. The minimum absolute atomic E-state index is 0.538. The number of piperidine rings is 1. The molecule has 2 heterocycles. The number of aromatic nitrogens is 2. The lowest BCUT2D eigenvalue weighted by molar-refractivity contribution is 0.272. The number of rotatable bonds is 3. The highest BCUT2D eigenvalue weighted by molar-refractivity contribution is 6.29. The number of nitrogens with zero attached hydrogens (tertiary/aromatic N) is 3. The van der Waals surface area contributed by atoms with Crippen LogP contribution in [0.5, 0.6) is 0 Å². The van der Waals surface area contributed by atoms with Crippen LogP contribution < -0.4 is 5.43 Å². The third kappa shape index (κ3) is 2.87. The Morgan fingerprint density at radius 3 is 2.65 bits per heavy atom. The number of hydrogen-bond acceptors (Lipinski definition) is 4. The van der Waals surface area contributed by atoms with Gasteiger partial charge in [0.2, 0.25) is 0 Å². The molecule has 17 heavy (non-hydrogen) atoms. The lowest BCUT2D eigenvalue weighted by Crippen LogP contribution is -2.35. The average Bonchev–Trinajstić information content (AvgIpc) is 3.13. The van der Waals surface area contributed by atoms with E-state index in [4.69, 9.17) is 11.6 Å². The standard InChI is InChI=1S/C12H17ClN4/c13-10-8-11(15-12(14-10)9-4-5-9)16-17-6-2-1-3-7-17/h8-9H,1-7H2,(H,14,15,16). The second-order valence-corrected chi connectivity index (χ2v) is 5.26. The molecule has 3 rings (SSSR count). The van der Waals surface area contributed by atoms with Crippen molar-refractivity contribution < 1.29 is 0 Å². The second-order valence-electron chi connectivity index (χ2n) is 4.87. The summed E-state index contributed by atoms with van der Waals surface area (Å²) in [5.41, 5.74) is 3.34. The molecule has 0 spiro atoms. The minimum atomic E-state index is 0.538. The number of nitrogens with one attached hydrogen (secondary N) is 1. The highest BCUT2D eigenvalue weighted by Crippen LogP contribution is 2.38. The second kappa shape index (κ2) is 4.78. The van der Waals surface area contributed by atoms with Crippen molar-refractivity contribution in [3.05, 3.63) is 17.0 Å². The molecule has 0 radical (unpaired) electrons. The van der Waals surface area contributed by atoms with Crippen LogP contribution in [0.1, 0.15) is 43.8 Å². The van der Waals surface area contributed by atoms with E-state index < -0.39 is 0 Å². The molecule has 1 N–H and O–H groups in total. The van der Waals surface area contributed by atoms with Crippen molar-refractivity contribution in [2.75, 3.05) is 18.5 Å². The van der Waals surface area contributed by atoms with Crippen LogP contribution in [0.2, 0.25) is 5.15 Å². The Morgan fingerprint density at radius 1 is 1.18 bits per heavy atom. The molecule has 0 atom stereocenters. The summed E-state index contributed by atoms with van der Waals surface area (Å²) in [6.07, 6.45) is 6.23. The number of halogens is 1. The molecule has 1 aliphatic heterocycles. The lowest BCUT2D eigenvalue weighted by Gasteiger charge is -2.27. The van der Waals surface area contributed by atoms with Crippen LogP contribution in [0, 0.1) is 0 Å². The van der Waals surface area contributed by atoms with E-state index in [1.54, 1.807) is 0 Å². The maximum atomic E-state index is 6.03. The van der Waals surface area contributed by atoms with Gasteiger partial charge in [0.1, 0.15) is 16.8 Å². The van der Waals surface area contributed by atoms with Gasteiger partial charge in [-0.2, -0.15) is 0 Å². The van der Waals surface area contributed by atoms with E-state index in [0.717, 1.165) is 24.7 Å². The first-order chi connectivity index (χ1) is 8.31. The highest BCUT2D eigenvalue weighted by atomic mass is 35.5. The van der Waals surface area contributed by atoms with E-state index in [-0.39, 0.29) is 0 Å². The van der Waals surface area contributed by atoms with Crippen molar-refractivity contribution in [3.63, 3.8) is 0 Å². The normalized spacial score (nSPS) is 21.5. The van der Waals surface area contributed by atoms with E-state index >= 15 is 0 Å². The van der Waals surface area contributed by atoms with Crippen molar-refractivity contribution >= 4 is 17.4 Å². The van der Waals surface area contributed by atoms with E-state index in [1.165, 1.54) is 32.1 Å². The summed E-state index contributed by atoms with van der Waals surface area (Å²) >= 11 is 6.03. The van der Waals surface area contributed by atoms with Crippen molar-refractivity contribution in [1.82, 2.24) is 15.0 Å². The molecule has 0 aromatic carbocycles. The van der Waals surface area contributed by atoms with Gasteiger partial charge in [-0.3, -0.25) is 0 Å². The van der Waals surface area contributed by atoms with Gasteiger partial charge in [-0.1, -0.05) is 18.0 Å². The molecule has 2 aliphatic rings. The number of anilines is 1. The van der Waals surface area contributed by atoms with Crippen LogP contribution in [-0.2, 0) is 0 Å². The van der Waals surface area contributed by atoms with Crippen LogP contribution in [0.4, 0.5) is 5.82 Å². The quantitative estimate of drug-likeness (QED) is 0.840. The predicted molar refractivity (Wildman–Crippen MR) is 68.1 cm³/mol. The molecule has 5 heteroatoms. The molecule has 1 aromatic rings. The molecular formula is C12H17ClN4. The Morgan fingerprint density at radius 2 is 1.94 bits per heavy atom. The summed E-state index contributed by atoms with van der Waals surface area (Å²) in [7, 11) is 0. The monoisotopic (exact) mass is 252 g/mol. The Balaban J connectivity index is 1.72. The largest absolute Gasteiger partial charge is 0.303 e. The maximum Gasteiger partial charge on any atom is 0.145 e. The maximum absolute atomic E-state index is 6.03. The summed E-state index contributed by atoms with van der Waals surface area (Å²) in [6.45, 7) is 2.17. The van der Waals surface area contributed by atoms with Crippen LogP contribution >= 0.6 is 11.6 Å². The fraction of sp³-hybridized carbons (Fsp3) is 0.667. The van der Waals surface area contributed by atoms with Crippen molar-refractivity contribution in [1.29, 1.82) is 0 Å². The molecule has 1 aromatic heterocycles. The molecular weight excluding hydrogens is 236 g/mol. The van der Waals surface area contributed by atoms with Gasteiger partial charge < -0.3 is 5.43 Å². The zero-order chi connectivity index (χ0) is 11.7. The molecule has 1 aliphatic carbocycles. The summed E-state index contributed by atoms with van der Waals surface area (Å²) in [5, 5.41) is 2.76. The van der Waals surface area contributed by atoms with Gasteiger partial charge in [-0.15, -0.1) is 0 Å². The molecule has 0 bridgehead atoms. The molecule has 0 amide bonds. The SMILES string of the molecule is Clc1cc(NN2CCCCC2)nc(C2CC2)n1. The van der Waals surface area contributed by atoms with Gasteiger partial charge in [0, 0.05) is 25.1 Å². The van der Waals surface area contributed by atoms with Crippen LogP contribution in [0.3, 0.4) is 0 Å². The third-order valence-corrected chi connectivity index (χ3v) is 3.48. The van der Waals surface area contributed by atoms with Crippen LogP contribution in [0.15, 0.2) is 6.07 Å². The van der Waals surface area contributed by atoms with E-state index in [9.17, 15) is 0 Å². The zero-order valence-electron chi connectivity index (χ0n) is 9.82. The smallest absolute Gasteiger partial charge is 0.145 e. The molecule has 2 fully saturated rings. The zero-order valence-corrected chi connectivity index (χ0v) is 10.6. The first-order valence-corrected chi connectivity index (χ1v) is 6.75. The average molecular weight is 253 g/mol. The minimum Gasteiger partial charge on any atom is -0.303 e. The van der Waals surface area contributed by atoms with Crippen molar-refractivity contribution in [2.45, 2.75) is 38.0 Å². The Bertz CT molecular complexity index is 399. The van der Waals surface area contributed by atoms with Gasteiger partial charge in [0.25, 0.3) is 0 Å². The van der Waals surface area contributed by atoms with E-state index in [0.29, 0.717) is 11.1 Å². The third-order valence-electron chi connectivity index (χ3n) is 3.28. The summed E-state index contributed by atoms with van der Waals surface area (Å²) in [6, 6.07) is 1.81. The van der Waals surface area contributed by atoms with Gasteiger partial charge in [0.15, 0.2) is 0 Å². The van der Waals surface area contributed by atoms with Crippen molar-refractivity contribution in [3.8, 4) is 0 Å². The van der Waals surface area contributed by atoms with Crippen molar-refractivity contribution in [2.24, 2.45) is 0 Å². The molecule has 92 valence electrons. The molecule has 4 nitrogen and oxygen atoms in total. The Labute approximate surface area is 106 Å². The number of hydrogen-bond donors (Lipinski definition) is 1. The summed E-state index contributed by atoms with van der Waals surface area (Å²) in [4.78, 5) is 8.83. The first kappa shape index (κ1) is 11.2. The Kier molecular flexibility index (Phi) is 3.16. The van der Waals surface area contributed by atoms with E-state index in [2.05, 4.69) is 20.4 Å². The fourth-order valence-corrected chi connectivity index (χ4v) is 2.37. The lowest BCUT2D eigenvalue weighted by atomic mass is 10.2. The topological polar surface area (TPSA) is 41.0 Å².